The summed E-state index contributed by atoms with van der Waals surface area (Å²) in [5, 5.41) is 13.0. The Hall–Kier alpha value is -11.0. The van der Waals surface area contributed by atoms with Gasteiger partial charge in [0.1, 0.15) is 10.5 Å². The average molecular weight is 1300 g/mol. The van der Waals surface area contributed by atoms with E-state index in [1.165, 1.54) is 19.1 Å². The second kappa shape index (κ2) is 30.4. The second-order valence-electron chi connectivity index (χ2n) is 21.8. The van der Waals surface area contributed by atoms with Gasteiger partial charge in [-0.2, -0.15) is 0 Å². The average Bonchev–Trinajstić information content (AvgIpc) is 1.06. The molecule has 474 valence electrons. The summed E-state index contributed by atoms with van der Waals surface area (Å²) >= 11 is 11.8. The molecule has 9 aromatic rings. The van der Waals surface area contributed by atoms with Gasteiger partial charge in [0.25, 0.3) is 35.4 Å². The van der Waals surface area contributed by atoms with Crippen LogP contribution in [0.3, 0.4) is 0 Å². The number of carbonyl (C=O) groups excluding carboxylic acids is 10. The molecule has 3 aliphatic heterocycles. The lowest BCUT2D eigenvalue weighted by molar-refractivity contribution is -0.173. The van der Waals surface area contributed by atoms with Crippen LogP contribution in [0.25, 0.3) is 0 Å². The van der Waals surface area contributed by atoms with Gasteiger partial charge in [0, 0.05) is 50.9 Å². The molecule has 0 saturated carbocycles. The molecule has 12 rings (SSSR count). The maximum Gasteiger partial charge on any atom is 0.363 e. The zero-order valence-electron chi connectivity index (χ0n) is 50.8. The molecule has 17 nitrogen and oxygen atoms in total. The Kier molecular flexibility index (Phi) is 21.8. The molecule has 94 heavy (non-hydrogen) atoms. The van der Waals surface area contributed by atoms with Gasteiger partial charge >= 0.3 is 17.9 Å². The van der Waals surface area contributed by atoms with E-state index >= 15 is 0 Å². The van der Waals surface area contributed by atoms with Crippen LogP contribution in [0.15, 0.2) is 255 Å². The molecule has 0 aliphatic carbocycles. The van der Waals surface area contributed by atoms with Gasteiger partial charge in [0.05, 0.1) is 16.7 Å². The molecule has 9 aromatic carbocycles. The lowest BCUT2D eigenvalue weighted by atomic mass is 9.71. The number of carbonyl (C=O) groups is 10. The zero-order chi connectivity index (χ0) is 67.0. The van der Waals surface area contributed by atoms with Crippen LogP contribution >= 0.6 is 23.2 Å². The van der Waals surface area contributed by atoms with E-state index in [1.807, 2.05) is 170 Å². The van der Waals surface area contributed by atoms with E-state index in [4.69, 9.17) is 26.1 Å². The summed E-state index contributed by atoms with van der Waals surface area (Å²) in [5.74, 6) is -5.41. The Bertz CT molecular complexity index is 3610. The summed E-state index contributed by atoms with van der Waals surface area (Å²) in [4.78, 5) is 130. The topological polar surface area (TPSA) is 228 Å². The molecule has 0 radical (unpaired) electrons. The third kappa shape index (κ3) is 15.3. The third-order valence-corrected chi connectivity index (χ3v) is 16.4. The molecule has 0 unspecified atom stereocenters. The number of hydroxylamine groups is 6. The van der Waals surface area contributed by atoms with E-state index < -0.39 is 69.2 Å². The maximum absolute atomic E-state index is 12.4. The van der Waals surface area contributed by atoms with Crippen molar-refractivity contribution >= 4 is 81.8 Å². The standard InChI is InChI=1S/C25H21NO4.C24H18ClNO4.C24H19NO5.C2H3ClO/c1-25(19-8-4-2-5-9-19,20-10-6-3-7-11-20)21-14-12-18(13-15-21)24(29)30-26-22(27)16-17-23(26)28;25-24(18-7-3-1-4-8-18,19-9-5-2-6-10-19)20-13-11-17(12-14-20)23(29)30-26-21(27)15-16-22(26)28;26-21-15-16-22(27)25(21)30-23(28)17-11-13-20(14-12-17)24(29,18-7-3-1-4-8-18)19-9-5-2-6-10-19;1-2(3)4/h2-15H,16-17H2,1H3;1-14H,15-16H2;1-14,29H,15-16H2;1H3. The number of hydrogen-bond acceptors (Lipinski definition) is 14. The Balaban J connectivity index is 0.000000161. The number of imide groups is 3. The van der Waals surface area contributed by atoms with Crippen molar-refractivity contribution in [2.24, 2.45) is 0 Å². The number of alkyl halides is 1. The first-order chi connectivity index (χ1) is 45.2. The van der Waals surface area contributed by atoms with Gasteiger partial charge in [0.15, 0.2) is 0 Å². The molecule has 0 aromatic heterocycles. The van der Waals surface area contributed by atoms with Gasteiger partial charge < -0.3 is 19.6 Å². The van der Waals surface area contributed by atoms with Crippen molar-refractivity contribution in [1.82, 2.24) is 15.2 Å². The van der Waals surface area contributed by atoms with E-state index in [0.29, 0.717) is 31.9 Å². The molecule has 3 fully saturated rings. The van der Waals surface area contributed by atoms with Gasteiger partial charge in [-0.3, -0.25) is 33.6 Å². The number of nitrogens with zero attached hydrogens (tertiary/aromatic N) is 3. The molecule has 3 heterocycles. The Labute approximate surface area is 551 Å². The van der Waals surface area contributed by atoms with Gasteiger partial charge in [-0.1, -0.05) is 218 Å². The third-order valence-electron chi connectivity index (χ3n) is 15.7. The minimum Gasteiger partial charge on any atom is -0.376 e. The fraction of sp³-hybridized carbons (Fsp3) is 0.147. The summed E-state index contributed by atoms with van der Waals surface area (Å²) in [7, 11) is 0. The van der Waals surface area contributed by atoms with E-state index in [-0.39, 0.29) is 60.5 Å². The van der Waals surface area contributed by atoms with Gasteiger partial charge in [0.2, 0.25) is 5.24 Å². The molecule has 6 amide bonds. The molecular formula is C75H61Cl2N3O14. The Morgan fingerprint density at radius 2 is 0.511 bits per heavy atom. The van der Waals surface area contributed by atoms with Crippen molar-refractivity contribution in [1.29, 1.82) is 0 Å². The normalized spacial score (nSPS) is 13.8. The molecular weight excluding hydrogens is 1240 g/mol. The number of aliphatic hydroxyl groups is 1. The minimum absolute atomic E-state index is 0.0340. The number of benzene rings is 9. The van der Waals surface area contributed by atoms with Crippen molar-refractivity contribution in [2.45, 2.75) is 68.3 Å². The van der Waals surface area contributed by atoms with Gasteiger partial charge in [-0.25, -0.2) is 14.4 Å². The van der Waals surface area contributed by atoms with Crippen molar-refractivity contribution in [3.05, 3.63) is 322 Å². The second-order valence-corrected chi connectivity index (χ2v) is 22.9. The van der Waals surface area contributed by atoms with E-state index in [0.717, 1.165) is 33.4 Å². The molecule has 0 spiro atoms. The summed E-state index contributed by atoms with van der Waals surface area (Å²) < 4.78 is 0. The summed E-state index contributed by atoms with van der Waals surface area (Å²) in [6.45, 7) is 3.44. The molecule has 19 heteroatoms. The van der Waals surface area contributed by atoms with E-state index in [9.17, 15) is 53.1 Å². The molecule has 3 aliphatic rings. The van der Waals surface area contributed by atoms with Crippen molar-refractivity contribution in [3.63, 3.8) is 0 Å². The van der Waals surface area contributed by atoms with Gasteiger partial charge in [-0.15, -0.1) is 26.8 Å². The smallest absolute Gasteiger partial charge is 0.363 e. The van der Waals surface area contributed by atoms with Crippen LogP contribution in [-0.4, -0.2) is 78.9 Å². The molecule has 0 bridgehead atoms. The fourth-order valence-corrected chi connectivity index (χ4v) is 11.1. The summed E-state index contributed by atoms with van der Waals surface area (Å²) in [5.41, 5.74) is 6.52. The maximum atomic E-state index is 12.4. The minimum atomic E-state index is -1.42. The molecule has 1 N–H and O–H groups in total. The van der Waals surface area contributed by atoms with Crippen LogP contribution in [-0.2, 0) is 64.0 Å². The fourth-order valence-electron chi connectivity index (χ4n) is 10.7. The van der Waals surface area contributed by atoms with E-state index in [1.54, 1.807) is 48.5 Å². The Morgan fingerprint density at radius 1 is 0.330 bits per heavy atom. The van der Waals surface area contributed by atoms with Gasteiger partial charge in [-0.05, 0) is 105 Å². The quantitative estimate of drug-likeness (QED) is 0.0436. The lowest BCUT2D eigenvalue weighted by Gasteiger charge is -2.32. The number of amides is 6. The lowest BCUT2D eigenvalue weighted by Crippen LogP contribution is -2.32. The highest BCUT2D eigenvalue weighted by Crippen LogP contribution is 2.44. The predicted octanol–water partition coefficient (Wildman–Crippen LogP) is 12.7. The van der Waals surface area contributed by atoms with Crippen molar-refractivity contribution < 1.29 is 67.6 Å². The van der Waals surface area contributed by atoms with Crippen LogP contribution in [0.1, 0.15) is 134 Å². The first kappa shape index (κ1) is 67.4. The Morgan fingerprint density at radius 3 is 0.766 bits per heavy atom. The van der Waals surface area contributed by atoms with Crippen LogP contribution < -0.4 is 0 Å². The van der Waals surface area contributed by atoms with Crippen LogP contribution in [0, 0.1) is 0 Å². The largest absolute Gasteiger partial charge is 0.376 e. The molecule has 0 atom stereocenters. The number of hydrogen-bond donors (Lipinski definition) is 1. The van der Waals surface area contributed by atoms with Crippen LogP contribution in [0.5, 0.6) is 0 Å². The predicted molar refractivity (Wildman–Crippen MR) is 347 cm³/mol. The van der Waals surface area contributed by atoms with Crippen LogP contribution in [0.4, 0.5) is 0 Å². The highest BCUT2D eigenvalue weighted by atomic mass is 35.5. The van der Waals surface area contributed by atoms with Crippen LogP contribution in [0.2, 0.25) is 0 Å². The first-order valence-electron chi connectivity index (χ1n) is 29.7. The number of halogens is 2. The number of rotatable bonds is 15. The van der Waals surface area contributed by atoms with E-state index in [2.05, 4.69) is 42.8 Å². The monoisotopic (exact) mass is 1300 g/mol. The van der Waals surface area contributed by atoms with Crippen molar-refractivity contribution in [2.75, 3.05) is 0 Å². The SMILES string of the molecule is CC(=O)Cl.CC(c1ccccc1)(c1ccccc1)c1ccc(C(=O)ON2C(=O)CCC2=O)cc1.O=C(ON1C(=O)CCC1=O)c1ccc(C(Cl)(c2ccccc2)c2ccccc2)cc1.O=C(ON1C(=O)CCC1=O)c1ccc(C(O)(c2ccccc2)c2ccccc2)cc1. The molecule has 3 saturated heterocycles. The summed E-state index contributed by atoms with van der Waals surface area (Å²) in [6, 6.07) is 78.1. The van der Waals surface area contributed by atoms with Crippen molar-refractivity contribution in [3.8, 4) is 0 Å². The summed E-state index contributed by atoms with van der Waals surface area (Å²) in [6.07, 6.45) is 0.301. The zero-order valence-corrected chi connectivity index (χ0v) is 52.4. The highest BCUT2D eigenvalue weighted by Gasteiger charge is 2.39. The first-order valence-corrected chi connectivity index (χ1v) is 30.5. The highest BCUT2D eigenvalue weighted by molar-refractivity contribution is 6.62.